The van der Waals surface area contributed by atoms with E-state index in [0.717, 1.165) is 0 Å². The van der Waals surface area contributed by atoms with Crippen LogP contribution < -0.4 is 0 Å². The first-order valence-electron chi connectivity index (χ1n) is 6.10. The summed E-state index contributed by atoms with van der Waals surface area (Å²) < 4.78 is 129. The standard InChI is InChI=1S/C9H13F6NO5S2/c1-21-23(19,20)9(14,15)7(10,11)8(12,13)22(17,18)16-5-3-2-4-6-16/h2-6H2,1H3. The maximum atomic E-state index is 13.7. The zero-order valence-electron chi connectivity index (χ0n) is 11.6. The van der Waals surface area contributed by atoms with Crippen LogP contribution in [-0.4, -0.2) is 57.8 Å². The van der Waals surface area contributed by atoms with E-state index >= 15 is 0 Å². The molecule has 0 aromatic carbocycles. The van der Waals surface area contributed by atoms with E-state index in [9.17, 15) is 43.2 Å². The fraction of sp³-hybridized carbons (Fsp3) is 1.00. The number of nitrogens with zero attached hydrogens (tertiary/aromatic N) is 1. The van der Waals surface area contributed by atoms with Crippen molar-refractivity contribution < 1.29 is 47.4 Å². The number of piperidine rings is 1. The number of alkyl halides is 6. The summed E-state index contributed by atoms with van der Waals surface area (Å²) in [6.45, 7) is -1.12. The van der Waals surface area contributed by atoms with E-state index in [4.69, 9.17) is 0 Å². The molecule has 23 heavy (non-hydrogen) atoms. The van der Waals surface area contributed by atoms with Crippen LogP contribution in [0.3, 0.4) is 0 Å². The molecule has 1 rings (SSSR count). The minimum atomic E-state index is -6.74. The number of hydrogen-bond donors (Lipinski definition) is 0. The molecule has 1 fully saturated rings. The predicted octanol–water partition coefficient (Wildman–Crippen LogP) is 1.60. The van der Waals surface area contributed by atoms with Gasteiger partial charge in [-0.3, -0.25) is 4.18 Å². The van der Waals surface area contributed by atoms with Gasteiger partial charge >= 0.3 is 26.5 Å². The Balaban J connectivity index is 3.39. The van der Waals surface area contributed by atoms with Gasteiger partial charge in [0.15, 0.2) is 0 Å². The van der Waals surface area contributed by atoms with Crippen molar-refractivity contribution in [3.63, 3.8) is 0 Å². The summed E-state index contributed by atoms with van der Waals surface area (Å²) in [7, 11) is -12.6. The van der Waals surface area contributed by atoms with E-state index < -0.39 is 49.7 Å². The van der Waals surface area contributed by atoms with Gasteiger partial charge in [0.05, 0.1) is 7.11 Å². The van der Waals surface area contributed by atoms with Crippen molar-refractivity contribution in [1.82, 2.24) is 4.31 Å². The van der Waals surface area contributed by atoms with Gasteiger partial charge < -0.3 is 0 Å². The molecular formula is C9H13F6NO5S2. The molecule has 0 atom stereocenters. The van der Waals surface area contributed by atoms with Crippen LogP contribution in [0.1, 0.15) is 19.3 Å². The van der Waals surface area contributed by atoms with Crippen molar-refractivity contribution in [2.45, 2.75) is 35.7 Å². The van der Waals surface area contributed by atoms with Crippen LogP contribution in [-0.2, 0) is 24.3 Å². The molecule has 1 aliphatic heterocycles. The van der Waals surface area contributed by atoms with E-state index in [-0.39, 0.29) is 24.3 Å². The summed E-state index contributed by atoms with van der Waals surface area (Å²) in [6, 6.07) is 0. The van der Waals surface area contributed by atoms with Crippen LogP contribution in [0.2, 0.25) is 0 Å². The van der Waals surface area contributed by atoms with Gasteiger partial charge in [-0.05, 0) is 12.8 Å². The fourth-order valence-corrected chi connectivity index (χ4v) is 4.09. The number of halogens is 6. The van der Waals surface area contributed by atoms with Crippen LogP contribution >= 0.6 is 0 Å². The Morgan fingerprint density at radius 2 is 1.26 bits per heavy atom. The molecule has 138 valence electrons. The molecule has 0 N–H and O–H groups in total. The highest BCUT2D eigenvalue weighted by Gasteiger charge is 2.83. The minimum Gasteiger partial charge on any atom is -0.269 e. The Bertz CT molecular complexity index is 641. The van der Waals surface area contributed by atoms with E-state index in [0.29, 0.717) is 6.42 Å². The smallest absolute Gasteiger partial charge is 0.269 e. The van der Waals surface area contributed by atoms with E-state index in [2.05, 4.69) is 4.18 Å². The van der Waals surface area contributed by atoms with Gasteiger partial charge in [-0.15, -0.1) is 0 Å². The van der Waals surface area contributed by atoms with Gasteiger partial charge in [-0.2, -0.15) is 39.1 Å². The Hall–Kier alpha value is -0.600. The Labute approximate surface area is 128 Å². The van der Waals surface area contributed by atoms with Crippen molar-refractivity contribution in [2.24, 2.45) is 0 Å². The van der Waals surface area contributed by atoms with Gasteiger partial charge in [0, 0.05) is 13.1 Å². The molecule has 6 nitrogen and oxygen atoms in total. The summed E-state index contributed by atoms with van der Waals surface area (Å²) in [5.41, 5.74) is 0. The number of hydrogen-bond acceptors (Lipinski definition) is 5. The van der Waals surface area contributed by atoms with Gasteiger partial charge in [-0.25, -0.2) is 8.42 Å². The number of rotatable bonds is 6. The predicted molar refractivity (Wildman–Crippen MR) is 65.1 cm³/mol. The molecular weight excluding hydrogens is 380 g/mol. The third kappa shape index (κ3) is 2.93. The van der Waals surface area contributed by atoms with Crippen molar-refractivity contribution in [3.05, 3.63) is 0 Å². The third-order valence-electron chi connectivity index (χ3n) is 3.24. The van der Waals surface area contributed by atoms with Crippen molar-refractivity contribution in [2.75, 3.05) is 20.2 Å². The SMILES string of the molecule is COS(=O)(=O)C(F)(F)C(F)(F)C(F)(F)S(=O)(=O)N1CCCCC1. The lowest BCUT2D eigenvalue weighted by atomic mass is 10.2. The lowest BCUT2D eigenvalue weighted by molar-refractivity contribution is -0.247. The summed E-state index contributed by atoms with van der Waals surface area (Å²) in [5.74, 6) is -6.74. The highest BCUT2D eigenvalue weighted by molar-refractivity contribution is 7.90. The van der Waals surface area contributed by atoms with Crippen molar-refractivity contribution in [1.29, 1.82) is 0 Å². The first-order valence-corrected chi connectivity index (χ1v) is 8.95. The Morgan fingerprint density at radius 1 is 0.826 bits per heavy atom. The van der Waals surface area contributed by atoms with E-state index in [1.165, 1.54) is 0 Å². The fourth-order valence-electron chi connectivity index (χ4n) is 1.86. The van der Waals surface area contributed by atoms with E-state index in [1.807, 2.05) is 0 Å². The molecule has 0 amide bonds. The molecule has 0 radical (unpaired) electrons. The average molecular weight is 393 g/mol. The minimum absolute atomic E-state index is 0.0522. The Morgan fingerprint density at radius 3 is 1.65 bits per heavy atom. The van der Waals surface area contributed by atoms with Crippen molar-refractivity contribution >= 4 is 20.1 Å². The highest BCUT2D eigenvalue weighted by Crippen LogP contribution is 2.51. The molecule has 14 heteroatoms. The Kier molecular flexibility index (Phi) is 5.37. The molecule has 1 aliphatic rings. The molecule has 0 saturated carbocycles. The molecule has 0 aromatic rings. The number of sulfonamides is 1. The molecule has 0 aliphatic carbocycles. The summed E-state index contributed by atoms with van der Waals surface area (Å²) >= 11 is 0. The molecule has 1 heterocycles. The normalized spacial score (nSPS) is 19.8. The van der Waals surface area contributed by atoms with Crippen LogP contribution in [0, 0.1) is 0 Å². The average Bonchev–Trinajstić information content (AvgIpc) is 2.47. The van der Waals surface area contributed by atoms with Gasteiger partial charge in [0.1, 0.15) is 0 Å². The van der Waals surface area contributed by atoms with Gasteiger partial charge in [0.2, 0.25) is 0 Å². The van der Waals surface area contributed by atoms with Crippen molar-refractivity contribution in [3.8, 4) is 0 Å². The topological polar surface area (TPSA) is 80.8 Å². The zero-order valence-corrected chi connectivity index (χ0v) is 13.2. The quantitative estimate of drug-likeness (QED) is 0.506. The summed E-state index contributed by atoms with van der Waals surface area (Å²) in [5, 5.41) is -12.8. The first kappa shape index (κ1) is 20.4. The summed E-state index contributed by atoms with van der Waals surface area (Å²) in [4.78, 5) is 0. The second-order valence-electron chi connectivity index (χ2n) is 4.69. The van der Waals surface area contributed by atoms with Crippen LogP contribution in [0.5, 0.6) is 0 Å². The third-order valence-corrected chi connectivity index (χ3v) is 6.52. The highest BCUT2D eigenvalue weighted by atomic mass is 32.2. The second kappa shape index (κ2) is 6.04. The molecule has 0 bridgehead atoms. The monoisotopic (exact) mass is 393 g/mol. The maximum Gasteiger partial charge on any atom is 0.439 e. The lowest BCUT2D eigenvalue weighted by Crippen LogP contribution is -2.63. The van der Waals surface area contributed by atoms with Crippen LogP contribution in [0.15, 0.2) is 0 Å². The first-order chi connectivity index (χ1) is 10.2. The largest absolute Gasteiger partial charge is 0.439 e. The molecule has 0 spiro atoms. The molecule has 1 saturated heterocycles. The lowest BCUT2D eigenvalue weighted by Gasteiger charge is -2.35. The second-order valence-corrected chi connectivity index (χ2v) is 8.43. The van der Waals surface area contributed by atoms with E-state index in [1.54, 1.807) is 0 Å². The van der Waals surface area contributed by atoms with Gasteiger partial charge in [-0.1, -0.05) is 6.42 Å². The summed E-state index contributed by atoms with van der Waals surface area (Å²) in [6.07, 6.45) is 0.601. The van der Waals surface area contributed by atoms with Crippen LogP contribution in [0.25, 0.3) is 0 Å². The zero-order chi connectivity index (χ0) is 18.3. The maximum absolute atomic E-state index is 13.7. The molecule has 0 aromatic heterocycles. The van der Waals surface area contributed by atoms with Gasteiger partial charge in [0.25, 0.3) is 10.0 Å². The molecule has 0 unspecified atom stereocenters. The van der Waals surface area contributed by atoms with Crippen LogP contribution in [0.4, 0.5) is 26.3 Å².